The summed E-state index contributed by atoms with van der Waals surface area (Å²) < 4.78 is 13.5. The van der Waals surface area contributed by atoms with Gasteiger partial charge in [-0.3, -0.25) is 4.79 Å². The minimum atomic E-state index is -0.211. The lowest BCUT2D eigenvalue weighted by atomic mass is 10.1. The fraction of sp³-hybridized carbons (Fsp3) is 0.500. The van der Waals surface area contributed by atoms with Gasteiger partial charge in [-0.05, 0) is 44.4 Å². The molecule has 1 saturated heterocycles. The monoisotopic (exact) mass is 286 g/mol. The van der Waals surface area contributed by atoms with E-state index < -0.39 is 0 Å². The van der Waals surface area contributed by atoms with Crippen molar-refractivity contribution < 1.29 is 9.18 Å². The van der Waals surface area contributed by atoms with Gasteiger partial charge in [-0.2, -0.15) is 0 Å². The molecule has 0 saturated carbocycles. The van der Waals surface area contributed by atoms with Gasteiger partial charge >= 0.3 is 0 Å². The summed E-state index contributed by atoms with van der Waals surface area (Å²) in [6.45, 7) is 2.80. The Morgan fingerprint density at radius 1 is 1.53 bits per heavy atom. The number of hydrogen-bond acceptors (Lipinski definition) is 2. The molecule has 1 amide bonds. The van der Waals surface area contributed by atoms with Gasteiger partial charge in [0.1, 0.15) is 5.82 Å². The molecular formula is C14H20ClFN2O. The third-order valence-electron chi connectivity index (χ3n) is 3.25. The normalized spacial score (nSPS) is 19.6. The highest BCUT2D eigenvalue weighted by molar-refractivity contribution is 5.85. The number of carbonyl (C=O) groups is 1. The van der Waals surface area contributed by atoms with E-state index in [4.69, 9.17) is 0 Å². The quantitative estimate of drug-likeness (QED) is 0.889. The molecule has 1 heterocycles. The van der Waals surface area contributed by atoms with Gasteiger partial charge in [-0.25, -0.2) is 4.39 Å². The van der Waals surface area contributed by atoms with Crippen LogP contribution in [0.3, 0.4) is 0 Å². The summed E-state index contributed by atoms with van der Waals surface area (Å²) in [5, 5.41) is 6.08. The Balaban J connectivity index is 0.00000180. The molecule has 1 fully saturated rings. The Bertz CT molecular complexity index is 422. The van der Waals surface area contributed by atoms with Gasteiger partial charge in [0.05, 0.1) is 6.04 Å². The van der Waals surface area contributed by atoms with Crippen LogP contribution in [0.2, 0.25) is 0 Å². The molecule has 0 radical (unpaired) electrons. The van der Waals surface area contributed by atoms with E-state index in [1.54, 1.807) is 12.1 Å². The molecule has 2 N–H and O–H groups in total. The molecule has 1 aromatic carbocycles. The summed E-state index contributed by atoms with van der Waals surface area (Å²) in [6, 6.07) is 6.55. The standard InChI is InChI=1S/C14H19FN2O.ClH/c1-10(9-11-5-2-3-6-12(11)15)17-14(18)13-7-4-8-16-13;/h2-3,5-6,10,13,16H,4,7-9H2,1H3,(H,17,18);1H. The van der Waals surface area contributed by atoms with E-state index in [1.165, 1.54) is 6.07 Å². The van der Waals surface area contributed by atoms with E-state index in [-0.39, 0.29) is 36.2 Å². The fourth-order valence-electron chi connectivity index (χ4n) is 2.30. The van der Waals surface area contributed by atoms with E-state index in [9.17, 15) is 9.18 Å². The smallest absolute Gasteiger partial charge is 0.237 e. The van der Waals surface area contributed by atoms with Crippen LogP contribution in [0.25, 0.3) is 0 Å². The van der Waals surface area contributed by atoms with Crippen LogP contribution in [-0.4, -0.2) is 24.5 Å². The maximum atomic E-state index is 13.5. The first-order chi connectivity index (χ1) is 8.66. The topological polar surface area (TPSA) is 41.1 Å². The number of rotatable bonds is 4. The van der Waals surface area contributed by atoms with Crippen molar-refractivity contribution >= 4 is 18.3 Å². The van der Waals surface area contributed by atoms with Crippen molar-refractivity contribution in [2.24, 2.45) is 0 Å². The maximum Gasteiger partial charge on any atom is 0.237 e. The Morgan fingerprint density at radius 3 is 2.89 bits per heavy atom. The lowest BCUT2D eigenvalue weighted by Crippen LogP contribution is -2.44. The fourth-order valence-corrected chi connectivity index (χ4v) is 2.30. The van der Waals surface area contributed by atoms with Crippen molar-refractivity contribution in [3.8, 4) is 0 Å². The van der Waals surface area contributed by atoms with Gasteiger partial charge in [0, 0.05) is 6.04 Å². The summed E-state index contributed by atoms with van der Waals surface area (Å²) >= 11 is 0. The maximum absolute atomic E-state index is 13.5. The molecule has 2 unspecified atom stereocenters. The van der Waals surface area contributed by atoms with E-state index in [0.29, 0.717) is 12.0 Å². The van der Waals surface area contributed by atoms with Crippen molar-refractivity contribution in [1.82, 2.24) is 10.6 Å². The Hall–Kier alpha value is -1.13. The molecule has 106 valence electrons. The molecule has 1 aromatic rings. The van der Waals surface area contributed by atoms with Gasteiger partial charge in [0.15, 0.2) is 0 Å². The van der Waals surface area contributed by atoms with Gasteiger partial charge in [0.2, 0.25) is 5.91 Å². The van der Waals surface area contributed by atoms with Gasteiger partial charge in [0.25, 0.3) is 0 Å². The molecule has 0 aliphatic carbocycles. The van der Waals surface area contributed by atoms with Crippen LogP contribution in [0, 0.1) is 5.82 Å². The van der Waals surface area contributed by atoms with Crippen LogP contribution in [-0.2, 0) is 11.2 Å². The molecule has 1 aliphatic heterocycles. The van der Waals surface area contributed by atoms with E-state index in [0.717, 1.165) is 19.4 Å². The average Bonchev–Trinajstić information content (AvgIpc) is 2.85. The highest BCUT2D eigenvalue weighted by Crippen LogP contribution is 2.10. The molecule has 0 spiro atoms. The Kier molecular flexibility index (Phi) is 6.25. The second kappa shape index (κ2) is 7.46. The number of hydrogen-bond donors (Lipinski definition) is 2. The molecule has 0 bridgehead atoms. The second-order valence-corrected chi connectivity index (χ2v) is 4.85. The first-order valence-electron chi connectivity index (χ1n) is 6.44. The molecule has 5 heteroatoms. The van der Waals surface area contributed by atoms with Crippen molar-refractivity contribution in [2.75, 3.05) is 6.54 Å². The van der Waals surface area contributed by atoms with Crippen LogP contribution in [0.5, 0.6) is 0 Å². The molecule has 2 atom stereocenters. The van der Waals surface area contributed by atoms with Crippen LogP contribution >= 0.6 is 12.4 Å². The number of halogens is 2. The third-order valence-corrected chi connectivity index (χ3v) is 3.25. The zero-order chi connectivity index (χ0) is 13.0. The van der Waals surface area contributed by atoms with Gasteiger partial charge < -0.3 is 10.6 Å². The zero-order valence-corrected chi connectivity index (χ0v) is 11.8. The molecule has 0 aromatic heterocycles. The molecule has 2 rings (SSSR count). The first kappa shape index (κ1) is 15.9. The van der Waals surface area contributed by atoms with E-state index in [2.05, 4.69) is 10.6 Å². The lowest BCUT2D eigenvalue weighted by molar-refractivity contribution is -0.123. The highest BCUT2D eigenvalue weighted by atomic mass is 35.5. The van der Waals surface area contributed by atoms with Crippen LogP contribution in [0.1, 0.15) is 25.3 Å². The van der Waals surface area contributed by atoms with Crippen molar-refractivity contribution in [3.05, 3.63) is 35.6 Å². The van der Waals surface area contributed by atoms with Gasteiger partial charge in [-0.1, -0.05) is 18.2 Å². The highest BCUT2D eigenvalue weighted by Gasteiger charge is 2.23. The Labute approximate surface area is 119 Å². The van der Waals surface area contributed by atoms with Crippen LogP contribution in [0.15, 0.2) is 24.3 Å². The number of nitrogens with one attached hydrogen (secondary N) is 2. The predicted octanol–water partition coefficient (Wildman–Crippen LogP) is 2.05. The Morgan fingerprint density at radius 2 is 2.26 bits per heavy atom. The van der Waals surface area contributed by atoms with E-state index >= 15 is 0 Å². The number of benzene rings is 1. The van der Waals surface area contributed by atoms with Gasteiger partial charge in [-0.15, -0.1) is 12.4 Å². The summed E-state index contributed by atoms with van der Waals surface area (Å²) in [7, 11) is 0. The minimum Gasteiger partial charge on any atom is -0.352 e. The molecule has 1 aliphatic rings. The van der Waals surface area contributed by atoms with Crippen molar-refractivity contribution in [1.29, 1.82) is 0 Å². The average molecular weight is 287 g/mol. The molecule has 3 nitrogen and oxygen atoms in total. The lowest BCUT2D eigenvalue weighted by Gasteiger charge is -2.17. The number of carbonyl (C=O) groups excluding carboxylic acids is 1. The molecular weight excluding hydrogens is 267 g/mol. The third kappa shape index (κ3) is 4.48. The predicted molar refractivity (Wildman–Crippen MR) is 76.0 cm³/mol. The van der Waals surface area contributed by atoms with Crippen LogP contribution < -0.4 is 10.6 Å². The van der Waals surface area contributed by atoms with Crippen molar-refractivity contribution in [2.45, 2.75) is 38.3 Å². The number of amides is 1. The summed E-state index contributed by atoms with van der Waals surface area (Å²) in [5.74, 6) is -0.186. The SMILES string of the molecule is CC(Cc1ccccc1F)NC(=O)C1CCCN1.Cl. The van der Waals surface area contributed by atoms with Crippen LogP contribution in [0.4, 0.5) is 4.39 Å². The first-order valence-corrected chi connectivity index (χ1v) is 6.44. The largest absolute Gasteiger partial charge is 0.352 e. The summed E-state index contributed by atoms with van der Waals surface area (Å²) in [6.07, 6.45) is 2.45. The van der Waals surface area contributed by atoms with Crippen molar-refractivity contribution in [3.63, 3.8) is 0 Å². The second-order valence-electron chi connectivity index (χ2n) is 4.85. The molecule has 19 heavy (non-hydrogen) atoms. The summed E-state index contributed by atoms with van der Waals surface area (Å²) in [5.41, 5.74) is 0.643. The minimum absolute atomic E-state index is 0. The van der Waals surface area contributed by atoms with E-state index in [1.807, 2.05) is 13.0 Å². The summed E-state index contributed by atoms with van der Waals surface area (Å²) in [4.78, 5) is 11.9. The zero-order valence-electron chi connectivity index (χ0n) is 11.0.